The molecule has 2 heteroatoms. The summed E-state index contributed by atoms with van der Waals surface area (Å²) in [6.45, 7) is 5.60. The third-order valence-electron chi connectivity index (χ3n) is 3.59. The first-order chi connectivity index (χ1) is 9.17. The Bertz CT molecular complexity index is 321. The highest BCUT2D eigenvalue weighted by molar-refractivity contribution is 5.19. The Morgan fingerprint density at radius 2 is 1.79 bits per heavy atom. The first kappa shape index (κ1) is 16.2. The van der Waals surface area contributed by atoms with E-state index in [9.17, 15) is 0 Å². The zero-order valence-electron chi connectivity index (χ0n) is 13.0. The molecule has 0 heterocycles. The fourth-order valence-corrected chi connectivity index (χ4v) is 2.45. The lowest BCUT2D eigenvalue weighted by molar-refractivity contribution is 0.307. The van der Waals surface area contributed by atoms with E-state index in [0.717, 1.165) is 6.54 Å². The van der Waals surface area contributed by atoms with Crippen LogP contribution in [0.4, 0.5) is 0 Å². The van der Waals surface area contributed by atoms with Gasteiger partial charge in [-0.25, -0.2) is 0 Å². The zero-order chi connectivity index (χ0) is 14.1. The summed E-state index contributed by atoms with van der Waals surface area (Å²) in [5.74, 6) is 0. The Kier molecular flexibility index (Phi) is 7.76. The summed E-state index contributed by atoms with van der Waals surface area (Å²) in [7, 11) is 4.29. The number of likely N-dealkylation sites (N-methyl/N-ethyl adjacent to an activating group) is 1. The normalized spacial score (nSPS) is 14.6. The quantitative estimate of drug-likeness (QED) is 0.727. The minimum absolute atomic E-state index is 0.429. The predicted molar refractivity (Wildman–Crippen MR) is 84.5 cm³/mol. The minimum Gasteiger partial charge on any atom is -0.308 e. The number of benzene rings is 1. The van der Waals surface area contributed by atoms with Crippen LogP contribution in [0.1, 0.15) is 51.1 Å². The molecule has 1 aromatic carbocycles. The SMILES string of the molecule is CCCCC(CC)NC(CN(C)C)c1ccccc1. The van der Waals surface area contributed by atoms with Crippen molar-refractivity contribution >= 4 is 0 Å². The first-order valence-corrected chi connectivity index (χ1v) is 7.63. The lowest BCUT2D eigenvalue weighted by Crippen LogP contribution is -2.37. The van der Waals surface area contributed by atoms with Crippen LogP contribution in [0.25, 0.3) is 0 Å². The van der Waals surface area contributed by atoms with Gasteiger partial charge in [0.15, 0.2) is 0 Å². The zero-order valence-corrected chi connectivity index (χ0v) is 13.0. The number of hydrogen-bond donors (Lipinski definition) is 1. The van der Waals surface area contributed by atoms with Gasteiger partial charge in [0.1, 0.15) is 0 Å². The second kappa shape index (κ2) is 9.11. The highest BCUT2D eigenvalue weighted by atomic mass is 15.1. The van der Waals surface area contributed by atoms with Gasteiger partial charge in [-0.3, -0.25) is 0 Å². The van der Waals surface area contributed by atoms with Crippen LogP contribution in [0.3, 0.4) is 0 Å². The average Bonchev–Trinajstić information content (AvgIpc) is 2.42. The first-order valence-electron chi connectivity index (χ1n) is 7.63. The predicted octanol–water partition coefficient (Wildman–Crippen LogP) is 3.85. The maximum absolute atomic E-state index is 3.84. The largest absolute Gasteiger partial charge is 0.308 e. The summed E-state index contributed by atoms with van der Waals surface area (Å²) in [5, 5.41) is 3.84. The van der Waals surface area contributed by atoms with Crippen LogP contribution >= 0.6 is 0 Å². The van der Waals surface area contributed by atoms with Crippen LogP contribution in [0.5, 0.6) is 0 Å². The van der Waals surface area contributed by atoms with Gasteiger partial charge in [-0.05, 0) is 32.5 Å². The van der Waals surface area contributed by atoms with Crippen molar-refractivity contribution in [3.63, 3.8) is 0 Å². The van der Waals surface area contributed by atoms with Crippen LogP contribution in [-0.2, 0) is 0 Å². The van der Waals surface area contributed by atoms with Crippen LogP contribution in [0.15, 0.2) is 30.3 Å². The molecule has 0 bridgehead atoms. The summed E-state index contributed by atoms with van der Waals surface area (Å²) in [5.41, 5.74) is 1.39. The third-order valence-corrected chi connectivity index (χ3v) is 3.59. The molecular weight excluding hydrogens is 232 g/mol. The lowest BCUT2D eigenvalue weighted by atomic mass is 10.0. The van der Waals surface area contributed by atoms with Crippen LogP contribution in [0.2, 0.25) is 0 Å². The molecule has 0 amide bonds. The smallest absolute Gasteiger partial charge is 0.0451 e. The van der Waals surface area contributed by atoms with Crippen molar-refractivity contribution in [2.24, 2.45) is 0 Å². The monoisotopic (exact) mass is 262 g/mol. The van der Waals surface area contributed by atoms with Gasteiger partial charge in [-0.1, -0.05) is 57.0 Å². The number of rotatable bonds is 9. The van der Waals surface area contributed by atoms with E-state index in [0.29, 0.717) is 12.1 Å². The summed E-state index contributed by atoms with van der Waals surface area (Å²) in [6.07, 6.45) is 5.08. The Morgan fingerprint density at radius 3 is 2.32 bits per heavy atom. The topological polar surface area (TPSA) is 15.3 Å². The van der Waals surface area contributed by atoms with Gasteiger partial charge in [-0.2, -0.15) is 0 Å². The standard InChI is InChI=1S/C17H30N2/c1-5-7-13-16(6-2)18-17(14-19(3)4)15-11-9-8-10-12-15/h8-12,16-18H,5-7,13-14H2,1-4H3. The van der Waals surface area contributed by atoms with Gasteiger partial charge in [0.2, 0.25) is 0 Å². The van der Waals surface area contributed by atoms with Crippen molar-refractivity contribution in [1.29, 1.82) is 0 Å². The van der Waals surface area contributed by atoms with Crippen molar-refractivity contribution < 1.29 is 0 Å². The summed E-state index contributed by atoms with van der Waals surface area (Å²) in [4.78, 5) is 2.26. The lowest BCUT2D eigenvalue weighted by Gasteiger charge is -2.28. The molecule has 0 spiro atoms. The van der Waals surface area contributed by atoms with Crippen LogP contribution in [-0.4, -0.2) is 31.6 Å². The van der Waals surface area contributed by atoms with E-state index in [1.54, 1.807) is 0 Å². The van der Waals surface area contributed by atoms with Crippen molar-refractivity contribution in [2.75, 3.05) is 20.6 Å². The van der Waals surface area contributed by atoms with E-state index in [1.807, 2.05) is 0 Å². The Hall–Kier alpha value is -0.860. The maximum Gasteiger partial charge on any atom is 0.0451 e. The Labute approximate surface area is 119 Å². The molecule has 0 saturated heterocycles. The Balaban J connectivity index is 2.68. The van der Waals surface area contributed by atoms with E-state index < -0.39 is 0 Å². The fourth-order valence-electron chi connectivity index (χ4n) is 2.45. The molecule has 1 rings (SSSR count). The molecule has 0 aliphatic rings. The van der Waals surface area contributed by atoms with E-state index in [2.05, 4.69) is 68.5 Å². The molecule has 0 fully saturated rings. The van der Waals surface area contributed by atoms with E-state index >= 15 is 0 Å². The molecule has 0 aliphatic carbocycles. The fraction of sp³-hybridized carbons (Fsp3) is 0.647. The second-order valence-corrected chi connectivity index (χ2v) is 5.64. The van der Waals surface area contributed by atoms with Gasteiger partial charge in [0.25, 0.3) is 0 Å². The summed E-state index contributed by atoms with van der Waals surface area (Å²) in [6, 6.07) is 11.9. The molecule has 1 aromatic rings. The summed E-state index contributed by atoms with van der Waals surface area (Å²) >= 11 is 0. The molecule has 0 radical (unpaired) electrons. The molecule has 2 unspecified atom stereocenters. The molecule has 19 heavy (non-hydrogen) atoms. The number of unbranched alkanes of at least 4 members (excludes halogenated alkanes) is 1. The van der Waals surface area contributed by atoms with E-state index in [4.69, 9.17) is 0 Å². The summed E-state index contributed by atoms with van der Waals surface area (Å²) < 4.78 is 0. The van der Waals surface area contributed by atoms with Crippen LogP contribution < -0.4 is 5.32 Å². The van der Waals surface area contributed by atoms with Crippen molar-refractivity contribution in [3.8, 4) is 0 Å². The molecule has 0 aromatic heterocycles. The molecule has 1 N–H and O–H groups in total. The molecular formula is C17H30N2. The van der Waals surface area contributed by atoms with Crippen molar-refractivity contribution in [2.45, 2.75) is 51.6 Å². The number of nitrogens with one attached hydrogen (secondary N) is 1. The molecule has 0 aliphatic heterocycles. The molecule has 0 saturated carbocycles. The Morgan fingerprint density at radius 1 is 1.11 bits per heavy atom. The highest BCUT2D eigenvalue weighted by Crippen LogP contribution is 2.16. The van der Waals surface area contributed by atoms with Gasteiger partial charge < -0.3 is 10.2 Å². The van der Waals surface area contributed by atoms with Gasteiger partial charge in [0, 0.05) is 18.6 Å². The minimum atomic E-state index is 0.429. The third kappa shape index (κ3) is 6.22. The van der Waals surface area contributed by atoms with Gasteiger partial charge in [-0.15, -0.1) is 0 Å². The maximum atomic E-state index is 3.84. The van der Waals surface area contributed by atoms with Crippen molar-refractivity contribution in [3.05, 3.63) is 35.9 Å². The van der Waals surface area contributed by atoms with Crippen molar-refractivity contribution in [1.82, 2.24) is 10.2 Å². The van der Waals surface area contributed by atoms with E-state index in [-0.39, 0.29) is 0 Å². The van der Waals surface area contributed by atoms with Gasteiger partial charge >= 0.3 is 0 Å². The van der Waals surface area contributed by atoms with Gasteiger partial charge in [0.05, 0.1) is 0 Å². The average molecular weight is 262 g/mol. The van der Waals surface area contributed by atoms with E-state index in [1.165, 1.54) is 31.2 Å². The second-order valence-electron chi connectivity index (χ2n) is 5.64. The molecule has 108 valence electrons. The number of nitrogens with zero attached hydrogens (tertiary/aromatic N) is 1. The highest BCUT2D eigenvalue weighted by Gasteiger charge is 2.16. The van der Waals surface area contributed by atoms with Crippen LogP contribution in [0, 0.1) is 0 Å². The number of hydrogen-bond acceptors (Lipinski definition) is 2. The molecule has 2 nitrogen and oxygen atoms in total. The molecule has 2 atom stereocenters.